The van der Waals surface area contributed by atoms with E-state index in [-0.39, 0.29) is 5.84 Å². The van der Waals surface area contributed by atoms with Gasteiger partial charge < -0.3 is 16.2 Å². The quantitative estimate of drug-likeness (QED) is 0.717. The molecule has 0 bridgehead atoms. The van der Waals surface area contributed by atoms with Crippen LogP contribution in [0, 0.1) is 0 Å². The zero-order chi connectivity index (χ0) is 15.0. The molecule has 0 aliphatic carbocycles. The number of benzene rings is 1. The molecule has 0 amide bonds. The zero-order valence-corrected chi connectivity index (χ0v) is 12.7. The van der Waals surface area contributed by atoms with E-state index in [2.05, 4.69) is 9.12 Å². The van der Waals surface area contributed by atoms with Crippen molar-refractivity contribution in [1.29, 1.82) is 0 Å². The molecule has 7 heteroatoms. The summed E-state index contributed by atoms with van der Waals surface area (Å²) in [5.74, 6) is 0.881. The van der Waals surface area contributed by atoms with Gasteiger partial charge in [-0.1, -0.05) is 19.9 Å². The lowest BCUT2D eigenvalue weighted by Crippen LogP contribution is -2.24. The molecule has 0 fully saturated rings. The summed E-state index contributed by atoms with van der Waals surface area (Å²) in [5.41, 5.74) is 12.6. The molecule has 6 nitrogen and oxygen atoms in total. The van der Waals surface area contributed by atoms with Gasteiger partial charge in [-0.05, 0) is 31.5 Å². The second-order valence-electron chi connectivity index (χ2n) is 3.85. The highest BCUT2D eigenvalue weighted by Gasteiger charge is 2.19. The lowest BCUT2D eigenvalue weighted by molar-refractivity contribution is 0.307. The molecule has 0 spiro atoms. The van der Waals surface area contributed by atoms with E-state index in [1.54, 1.807) is 6.07 Å². The molecular formula is C13H22N4O2S. The van der Waals surface area contributed by atoms with E-state index < -0.39 is 11.2 Å². The minimum Gasteiger partial charge on any atom is -0.493 e. The number of nitrogens with two attached hydrogens (primary N) is 2. The first kappa shape index (κ1) is 16.5. The van der Waals surface area contributed by atoms with Gasteiger partial charge >= 0.3 is 0 Å². The summed E-state index contributed by atoms with van der Waals surface area (Å²) < 4.78 is 23.5. The van der Waals surface area contributed by atoms with Crippen molar-refractivity contribution < 1.29 is 8.95 Å². The summed E-state index contributed by atoms with van der Waals surface area (Å²) in [7, 11) is 0. The third-order valence-corrected chi connectivity index (χ3v) is 3.27. The highest BCUT2D eigenvalue weighted by molar-refractivity contribution is 7.85. The zero-order valence-electron chi connectivity index (χ0n) is 11.9. The highest BCUT2D eigenvalue weighted by Crippen LogP contribution is 2.29. The molecule has 1 aliphatic heterocycles. The Hall–Kier alpha value is -1.60. The van der Waals surface area contributed by atoms with Crippen molar-refractivity contribution in [2.24, 2.45) is 15.9 Å². The standard InChI is InChI=1S/C11H16N4O2S.C2H6/c12-6-1-2-7-17-9-5-3-4-8-10(9)11(13)15-18(16)14-8;1-2/h3-5,14H,1-2,6-7,12H2,(H2,13,15);1-2H3. The molecule has 112 valence electrons. The fourth-order valence-corrected chi connectivity index (χ4v) is 2.35. The van der Waals surface area contributed by atoms with E-state index in [9.17, 15) is 4.21 Å². The van der Waals surface area contributed by atoms with Crippen LogP contribution in [0.25, 0.3) is 0 Å². The van der Waals surface area contributed by atoms with Crippen LogP contribution < -0.4 is 20.9 Å². The van der Waals surface area contributed by atoms with Crippen LogP contribution in [0.1, 0.15) is 32.3 Å². The second kappa shape index (κ2) is 8.55. The molecule has 1 heterocycles. The summed E-state index contributed by atoms with van der Waals surface area (Å²) in [4.78, 5) is 0. The number of amidine groups is 1. The summed E-state index contributed by atoms with van der Waals surface area (Å²) in [5, 5.41) is 0. The van der Waals surface area contributed by atoms with Crippen LogP contribution in [0.5, 0.6) is 5.75 Å². The molecule has 1 aromatic rings. The van der Waals surface area contributed by atoms with E-state index in [4.69, 9.17) is 16.2 Å². The molecule has 0 saturated carbocycles. The third-order valence-electron chi connectivity index (χ3n) is 2.52. The average molecular weight is 298 g/mol. The van der Waals surface area contributed by atoms with Gasteiger partial charge in [-0.15, -0.1) is 0 Å². The first-order valence-electron chi connectivity index (χ1n) is 6.71. The van der Waals surface area contributed by atoms with Gasteiger partial charge in [-0.2, -0.15) is 4.40 Å². The van der Waals surface area contributed by atoms with E-state index in [1.807, 2.05) is 26.0 Å². The van der Waals surface area contributed by atoms with Gasteiger partial charge in [0, 0.05) is 0 Å². The van der Waals surface area contributed by atoms with Crippen molar-refractivity contribution in [3.63, 3.8) is 0 Å². The summed E-state index contributed by atoms with van der Waals surface area (Å²) in [6, 6.07) is 5.43. The summed E-state index contributed by atoms with van der Waals surface area (Å²) >= 11 is -1.51. The number of rotatable bonds is 5. The first-order valence-corrected chi connectivity index (χ1v) is 7.82. The van der Waals surface area contributed by atoms with E-state index in [0.717, 1.165) is 12.8 Å². The van der Waals surface area contributed by atoms with Crippen LogP contribution in [-0.4, -0.2) is 23.2 Å². The Morgan fingerprint density at radius 1 is 1.35 bits per heavy atom. The smallest absolute Gasteiger partial charge is 0.245 e. The number of nitrogens with one attached hydrogen (secondary N) is 1. The number of nitrogens with zero attached hydrogens (tertiary/aromatic N) is 1. The Balaban J connectivity index is 0.000000956. The van der Waals surface area contributed by atoms with Crippen molar-refractivity contribution in [1.82, 2.24) is 0 Å². The van der Waals surface area contributed by atoms with Gasteiger partial charge in [-0.25, -0.2) is 4.21 Å². The molecule has 0 radical (unpaired) electrons. The number of fused-ring (bicyclic) bond motifs is 1. The van der Waals surface area contributed by atoms with Crippen LogP contribution in [0.4, 0.5) is 5.69 Å². The largest absolute Gasteiger partial charge is 0.493 e. The Morgan fingerprint density at radius 2 is 2.10 bits per heavy atom. The molecular weight excluding hydrogens is 276 g/mol. The predicted octanol–water partition coefficient (Wildman–Crippen LogP) is 1.54. The molecule has 0 saturated heterocycles. The van der Waals surface area contributed by atoms with Gasteiger partial charge in [-0.3, -0.25) is 4.72 Å². The molecule has 5 N–H and O–H groups in total. The Labute approximate surface area is 122 Å². The minimum atomic E-state index is -1.51. The van der Waals surface area contributed by atoms with E-state index in [1.165, 1.54) is 0 Å². The second-order valence-corrected chi connectivity index (χ2v) is 4.74. The number of hydrogen-bond donors (Lipinski definition) is 3. The van der Waals surface area contributed by atoms with Crippen LogP contribution in [0.2, 0.25) is 0 Å². The maximum Gasteiger partial charge on any atom is 0.245 e. The van der Waals surface area contributed by atoms with Gasteiger partial charge in [0.1, 0.15) is 11.6 Å². The molecule has 20 heavy (non-hydrogen) atoms. The maximum atomic E-state index is 11.3. The highest BCUT2D eigenvalue weighted by atomic mass is 32.2. The lowest BCUT2D eigenvalue weighted by Gasteiger charge is -2.18. The number of anilines is 1. The topological polar surface area (TPSA) is 103 Å². The molecule has 0 aromatic heterocycles. The fraction of sp³-hybridized carbons (Fsp3) is 0.462. The van der Waals surface area contributed by atoms with Crippen LogP contribution in [0.3, 0.4) is 0 Å². The van der Waals surface area contributed by atoms with Crippen molar-refractivity contribution >= 4 is 22.7 Å². The molecule has 2 rings (SSSR count). The van der Waals surface area contributed by atoms with Crippen molar-refractivity contribution in [2.75, 3.05) is 17.9 Å². The molecule has 1 atom stereocenters. The van der Waals surface area contributed by atoms with Crippen LogP contribution in [0.15, 0.2) is 22.6 Å². The number of ether oxygens (including phenoxy) is 1. The number of hydrogen-bond acceptors (Lipinski definition) is 4. The van der Waals surface area contributed by atoms with Crippen LogP contribution >= 0.6 is 0 Å². The molecule has 1 aromatic carbocycles. The van der Waals surface area contributed by atoms with Crippen LogP contribution in [-0.2, 0) is 11.2 Å². The predicted molar refractivity (Wildman–Crippen MR) is 84.1 cm³/mol. The van der Waals surface area contributed by atoms with Gasteiger partial charge in [0.05, 0.1) is 17.9 Å². The third kappa shape index (κ3) is 4.21. The summed E-state index contributed by atoms with van der Waals surface area (Å²) in [6.45, 7) is 5.23. The Morgan fingerprint density at radius 3 is 2.80 bits per heavy atom. The first-order chi connectivity index (χ1) is 9.72. The number of unbranched alkanes of at least 4 members (excludes halogenated alkanes) is 1. The van der Waals surface area contributed by atoms with Gasteiger partial charge in [0.15, 0.2) is 0 Å². The maximum absolute atomic E-state index is 11.3. The normalized spacial score (nSPS) is 16.1. The molecule has 1 aliphatic rings. The average Bonchev–Trinajstić information content (AvgIpc) is 2.45. The lowest BCUT2D eigenvalue weighted by atomic mass is 10.1. The van der Waals surface area contributed by atoms with Gasteiger partial charge in [0.25, 0.3) is 0 Å². The van der Waals surface area contributed by atoms with Crippen molar-refractivity contribution in [3.8, 4) is 5.75 Å². The fourth-order valence-electron chi connectivity index (χ4n) is 1.68. The van der Waals surface area contributed by atoms with E-state index >= 15 is 0 Å². The van der Waals surface area contributed by atoms with Crippen molar-refractivity contribution in [3.05, 3.63) is 23.8 Å². The SMILES string of the molecule is CC.NCCCCOc1cccc2c1C(N)=NS(=O)N2. The minimum absolute atomic E-state index is 0.233. The summed E-state index contributed by atoms with van der Waals surface area (Å²) in [6.07, 6.45) is 1.80. The van der Waals surface area contributed by atoms with Gasteiger partial charge in [0.2, 0.25) is 11.2 Å². The van der Waals surface area contributed by atoms with E-state index in [0.29, 0.717) is 30.2 Å². The molecule has 1 unspecified atom stereocenters. The van der Waals surface area contributed by atoms with Crippen molar-refractivity contribution in [2.45, 2.75) is 26.7 Å². The monoisotopic (exact) mass is 298 g/mol. The Kier molecular flexibility index (Phi) is 7.03. The Bertz CT molecular complexity index is 491.